The fourth-order valence-electron chi connectivity index (χ4n) is 4.73. The van der Waals surface area contributed by atoms with E-state index in [0.717, 1.165) is 24.1 Å². The summed E-state index contributed by atoms with van der Waals surface area (Å²) in [5.74, 6) is 1.15. The average molecular weight is 516 g/mol. The van der Waals surface area contributed by atoms with Crippen LogP contribution in [-0.4, -0.2) is 68.5 Å². The summed E-state index contributed by atoms with van der Waals surface area (Å²) >= 11 is 0. The van der Waals surface area contributed by atoms with Gasteiger partial charge in [-0.1, -0.05) is 0 Å². The molecule has 2 aliphatic rings. The average Bonchev–Trinajstić information content (AvgIpc) is 3.39. The molecule has 0 bridgehead atoms. The van der Waals surface area contributed by atoms with Crippen molar-refractivity contribution in [2.24, 2.45) is 0 Å². The van der Waals surface area contributed by atoms with E-state index in [-0.39, 0.29) is 11.9 Å². The maximum absolute atomic E-state index is 13.4. The Kier molecular flexibility index (Phi) is 5.19. The number of halogens is 1. The van der Waals surface area contributed by atoms with Crippen molar-refractivity contribution in [3.05, 3.63) is 60.7 Å². The lowest BCUT2D eigenvalue weighted by Crippen LogP contribution is -2.41. The first-order valence-electron chi connectivity index (χ1n) is 12.2. The number of nitrogens with one attached hydrogen (secondary N) is 3. The van der Waals surface area contributed by atoms with Crippen molar-refractivity contribution in [1.29, 1.82) is 0 Å². The molecule has 3 N–H and O–H groups in total. The summed E-state index contributed by atoms with van der Waals surface area (Å²) in [4.78, 5) is 25.1. The number of carbonyl (C=O) groups excluding carboxylic acids is 1. The van der Waals surface area contributed by atoms with E-state index in [9.17, 15) is 9.18 Å². The molecule has 1 amide bonds. The Morgan fingerprint density at radius 1 is 1.21 bits per heavy atom. The molecule has 15 heteroatoms. The molecule has 1 unspecified atom stereocenters. The summed E-state index contributed by atoms with van der Waals surface area (Å²) < 4.78 is 15.0. The van der Waals surface area contributed by atoms with E-state index in [2.05, 4.69) is 46.3 Å². The second-order valence-electron chi connectivity index (χ2n) is 9.38. The van der Waals surface area contributed by atoms with Gasteiger partial charge in [0.1, 0.15) is 11.6 Å². The third-order valence-corrected chi connectivity index (χ3v) is 6.77. The predicted octanol–water partition coefficient (Wildman–Crippen LogP) is 2.05. The van der Waals surface area contributed by atoms with E-state index < -0.39 is 12.0 Å². The topological polar surface area (TPSA) is 160 Å². The number of hydrogen-bond donors (Lipinski definition) is 3. The van der Waals surface area contributed by atoms with E-state index in [1.165, 1.54) is 29.5 Å². The molecule has 192 valence electrons. The van der Waals surface area contributed by atoms with Crippen LogP contribution in [0.5, 0.6) is 0 Å². The Labute approximate surface area is 214 Å². The Bertz CT molecular complexity index is 1590. The lowest BCUT2D eigenvalue weighted by atomic mass is 10.1. The highest BCUT2D eigenvalue weighted by Crippen LogP contribution is 2.40. The van der Waals surface area contributed by atoms with Crippen LogP contribution in [0.1, 0.15) is 36.9 Å². The van der Waals surface area contributed by atoms with Crippen molar-refractivity contribution in [2.45, 2.75) is 37.3 Å². The number of tetrazole rings is 1. The molecule has 1 saturated carbocycles. The zero-order chi connectivity index (χ0) is 25.6. The van der Waals surface area contributed by atoms with Gasteiger partial charge in [-0.15, -0.1) is 15.3 Å². The summed E-state index contributed by atoms with van der Waals surface area (Å²) in [6.45, 7) is 0.372. The molecule has 2 fully saturated rings. The van der Waals surface area contributed by atoms with Gasteiger partial charge in [-0.3, -0.25) is 9.89 Å². The molecular formula is C23H22FN13O. The van der Waals surface area contributed by atoms with Gasteiger partial charge in [0.25, 0.3) is 0 Å². The molecule has 5 aromatic heterocycles. The van der Waals surface area contributed by atoms with Gasteiger partial charge < -0.3 is 15.5 Å². The van der Waals surface area contributed by atoms with Crippen LogP contribution < -0.4 is 15.5 Å². The summed E-state index contributed by atoms with van der Waals surface area (Å²) in [6.07, 6.45) is 7.15. The first-order chi connectivity index (χ1) is 18.6. The van der Waals surface area contributed by atoms with Crippen LogP contribution in [0, 0.1) is 5.95 Å². The molecule has 14 nitrogen and oxygen atoms in total. The van der Waals surface area contributed by atoms with Gasteiger partial charge in [0.05, 0.1) is 17.9 Å². The number of anilines is 4. The molecule has 0 aromatic carbocycles. The number of amides is 1. The van der Waals surface area contributed by atoms with Crippen molar-refractivity contribution in [3.63, 3.8) is 0 Å². The summed E-state index contributed by atoms with van der Waals surface area (Å²) in [7, 11) is 0. The standard InChI is InChI=1S/C23H22FN13O/c24-19-6-5-14(10-25-19)28-22(38)18-8-15(37-27-12-26-34-37)11-35(18)23-30-21(17-2-1-7-36(17)33-23)29-20-9-16(31-32-20)13-3-4-13/h1-2,5-7,9-10,12-13,15,18H,3-4,8,11H2,(H,28,38)(H2,29,30,31,32,33)/t15-,18?/m1/s1. The summed E-state index contributed by atoms with van der Waals surface area (Å²) in [6, 6.07) is 7.51. The number of aromatic amines is 1. The van der Waals surface area contributed by atoms with Crippen molar-refractivity contribution < 1.29 is 9.18 Å². The van der Waals surface area contributed by atoms with Gasteiger partial charge >= 0.3 is 0 Å². The summed E-state index contributed by atoms with van der Waals surface area (Å²) in [5.41, 5.74) is 2.24. The molecule has 1 aliphatic carbocycles. The van der Waals surface area contributed by atoms with Gasteiger partial charge in [-0.05, 0) is 42.3 Å². The zero-order valence-corrected chi connectivity index (χ0v) is 19.9. The minimum atomic E-state index is -0.663. The first-order valence-corrected chi connectivity index (χ1v) is 12.2. The molecular weight excluding hydrogens is 493 g/mol. The lowest BCUT2D eigenvalue weighted by molar-refractivity contribution is -0.117. The van der Waals surface area contributed by atoms with Crippen LogP contribution in [0.15, 0.2) is 49.1 Å². The highest BCUT2D eigenvalue weighted by molar-refractivity contribution is 5.97. The smallest absolute Gasteiger partial charge is 0.247 e. The highest BCUT2D eigenvalue weighted by Gasteiger charge is 2.40. The maximum atomic E-state index is 13.4. The zero-order valence-electron chi connectivity index (χ0n) is 19.9. The minimum Gasteiger partial charge on any atom is -0.325 e. The molecule has 0 radical (unpaired) electrons. The van der Waals surface area contributed by atoms with Crippen LogP contribution in [0.25, 0.3) is 5.52 Å². The van der Waals surface area contributed by atoms with E-state index in [0.29, 0.717) is 42.2 Å². The molecule has 1 saturated heterocycles. The second-order valence-corrected chi connectivity index (χ2v) is 9.38. The number of pyridine rings is 1. The van der Waals surface area contributed by atoms with Gasteiger partial charge in [0.15, 0.2) is 18.0 Å². The van der Waals surface area contributed by atoms with Crippen LogP contribution in [0.3, 0.4) is 0 Å². The lowest BCUT2D eigenvalue weighted by Gasteiger charge is -2.24. The van der Waals surface area contributed by atoms with Crippen molar-refractivity contribution in [2.75, 3.05) is 22.1 Å². The van der Waals surface area contributed by atoms with E-state index in [4.69, 9.17) is 4.98 Å². The van der Waals surface area contributed by atoms with E-state index >= 15 is 0 Å². The number of nitrogens with zero attached hydrogens (tertiary/aromatic N) is 10. The Morgan fingerprint density at radius 2 is 2.13 bits per heavy atom. The largest absolute Gasteiger partial charge is 0.325 e. The Hall–Kier alpha value is -4.95. The molecule has 6 heterocycles. The number of aromatic nitrogens is 10. The third kappa shape index (κ3) is 4.16. The fourth-order valence-corrected chi connectivity index (χ4v) is 4.73. The molecule has 38 heavy (non-hydrogen) atoms. The Balaban J connectivity index is 1.22. The normalized spacial score (nSPS) is 19.2. The molecule has 7 rings (SSSR count). The number of fused-ring (bicyclic) bond motifs is 1. The number of rotatable bonds is 7. The van der Waals surface area contributed by atoms with Crippen LogP contribution in [0.4, 0.5) is 27.7 Å². The summed E-state index contributed by atoms with van der Waals surface area (Å²) in [5, 5.41) is 30.3. The minimum absolute atomic E-state index is 0.243. The second kappa shape index (κ2) is 8.86. The van der Waals surface area contributed by atoms with Crippen molar-refractivity contribution in [3.8, 4) is 0 Å². The van der Waals surface area contributed by atoms with Gasteiger partial charge in [0, 0.05) is 36.8 Å². The SMILES string of the molecule is O=C(Nc1ccc(F)nc1)C1C[C@@H](n2ncnn2)CN1c1nc(Nc2cc(C3CC3)[nH]n2)c2cccn2n1. The monoisotopic (exact) mass is 515 g/mol. The maximum Gasteiger partial charge on any atom is 0.247 e. The first kappa shape index (κ1) is 22.3. The van der Waals surface area contributed by atoms with Crippen molar-refractivity contribution >= 4 is 34.7 Å². The molecule has 1 aliphatic heterocycles. The fraction of sp³-hybridized carbons (Fsp3) is 0.304. The van der Waals surface area contributed by atoms with Gasteiger partial charge in [-0.25, -0.2) is 9.50 Å². The number of carbonyl (C=O) groups is 1. The number of hydrogen-bond acceptors (Lipinski definition) is 10. The van der Waals surface area contributed by atoms with Gasteiger partial charge in [0.2, 0.25) is 17.8 Å². The van der Waals surface area contributed by atoms with Crippen LogP contribution in [-0.2, 0) is 4.79 Å². The van der Waals surface area contributed by atoms with Crippen molar-refractivity contribution in [1.82, 2.24) is 50.0 Å². The molecule has 0 spiro atoms. The van der Waals surface area contributed by atoms with E-state index in [1.54, 1.807) is 4.52 Å². The Morgan fingerprint density at radius 3 is 2.92 bits per heavy atom. The van der Waals surface area contributed by atoms with Crippen LogP contribution >= 0.6 is 0 Å². The molecule has 5 aromatic rings. The molecule has 2 atom stereocenters. The quantitative estimate of drug-likeness (QED) is 0.274. The predicted molar refractivity (Wildman–Crippen MR) is 132 cm³/mol. The third-order valence-electron chi connectivity index (χ3n) is 6.77. The highest BCUT2D eigenvalue weighted by atomic mass is 19.1. The van der Waals surface area contributed by atoms with E-state index in [1.807, 2.05) is 29.3 Å². The number of H-pyrrole nitrogens is 1. The van der Waals surface area contributed by atoms with Crippen LogP contribution in [0.2, 0.25) is 0 Å². The van der Waals surface area contributed by atoms with Gasteiger partial charge in [-0.2, -0.15) is 19.3 Å².